The zero-order valence-electron chi connectivity index (χ0n) is 20.5. The Morgan fingerprint density at radius 3 is 2.41 bits per heavy atom. The van der Waals surface area contributed by atoms with Crippen LogP contribution in [-0.4, -0.2) is 81.0 Å². The third-order valence-corrected chi connectivity index (χ3v) is 7.18. The van der Waals surface area contributed by atoms with E-state index in [4.69, 9.17) is 44.3 Å². The van der Waals surface area contributed by atoms with Crippen LogP contribution in [0, 0.1) is 0 Å². The molecule has 3 rings (SSSR count). The van der Waals surface area contributed by atoms with Crippen LogP contribution in [0.3, 0.4) is 0 Å². The number of benzene rings is 2. The number of aliphatic hydroxyl groups is 3. The fourth-order valence-corrected chi connectivity index (χ4v) is 4.55. The van der Waals surface area contributed by atoms with Crippen LogP contribution in [0.4, 0.5) is 0 Å². The predicted octanol–water partition coefficient (Wildman–Crippen LogP) is 1.75. The molecule has 1 saturated heterocycles. The lowest BCUT2D eigenvalue weighted by Crippen LogP contribution is -2.68. The Balaban J connectivity index is 1.80. The molecule has 0 spiro atoms. The van der Waals surface area contributed by atoms with Gasteiger partial charge < -0.3 is 40.5 Å². The lowest BCUT2D eigenvalue weighted by atomic mass is 9.88. The Hall–Kier alpha value is -2.48. The summed E-state index contributed by atoms with van der Waals surface area (Å²) in [5.74, 6) is -5.33. The van der Waals surface area contributed by atoms with Gasteiger partial charge in [-0.05, 0) is 35.9 Å². The SMILES string of the molecule is CC(=O)N[C@H]1[C@H]([C@H](O)[C@@H](O)CNC(=O)c2ccc(Cl)cc2)O[C@](OCc2cccc(Cl)c2Cl)(C(=O)O)C[C@@H]1O. The Morgan fingerprint density at radius 1 is 1.13 bits per heavy atom. The number of nitrogens with one attached hydrogen (secondary N) is 2. The summed E-state index contributed by atoms with van der Waals surface area (Å²) in [7, 11) is 0. The van der Waals surface area contributed by atoms with Crippen molar-refractivity contribution in [3.8, 4) is 0 Å². The molecule has 1 aliphatic heterocycles. The summed E-state index contributed by atoms with van der Waals surface area (Å²) in [6.45, 7) is 0.270. The number of carboxylic acid groups (broad SMARTS) is 1. The van der Waals surface area contributed by atoms with Crippen LogP contribution in [0.5, 0.6) is 0 Å². The van der Waals surface area contributed by atoms with Crippen LogP contribution >= 0.6 is 34.8 Å². The molecule has 1 heterocycles. The normalized spacial score (nSPS) is 24.4. The molecule has 14 heteroatoms. The van der Waals surface area contributed by atoms with Crippen molar-refractivity contribution in [3.63, 3.8) is 0 Å². The Bertz CT molecular complexity index is 1200. The summed E-state index contributed by atoms with van der Waals surface area (Å²) >= 11 is 18.0. The number of ether oxygens (including phenoxy) is 2. The summed E-state index contributed by atoms with van der Waals surface area (Å²) in [5, 5.41) is 48.0. The van der Waals surface area contributed by atoms with Gasteiger partial charge in [-0.2, -0.15) is 0 Å². The maximum Gasteiger partial charge on any atom is 0.364 e. The molecule has 212 valence electrons. The van der Waals surface area contributed by atoms with Gasteiger partial charge in [0.05, 0.1) is 34.9 Å². The van der Waals surface area contributed by atoms with Crippen LogP contribution in [0.2, 0.25) is 15.1 Å². The Labute approximate surface area is 238 Å². The molecule has 0 unspecified atom stereocenters. The van der Waals surface area contributed by atoms with Crippen LogP contribution in [-0.2, 0) is 25.7 Å². The highest BCUT2D eigenvalue weighted by Crippen LogP contribution is 2.35. The number of rotatable bonds is 10. The number of aliphatic carboxylic acids is 1. The maximum absolute atomic E-state index is 12.4. The van der Waals surface area contributed by atoms with Crippen molar-refractivity contribution in [2.75, 3.05) is 6.54 Å². The first-order chi connectivity index (χ1) is 18.3. The van der Waals surface area contributed by atoms with Crippen molar-refractivity contribution < 1.29 is 44.3 Å². The van der Waals surface area contributed by atoms with E-state index in [2.05, 4.69) is 10.6 Å². The number of amides is 2. The molecule has 0 bridgehead atoms. The van der Waals surface area contributed by atoms with E-state index in [9.17, 15) is 34.8 Å². The Kier molecular flexibility index (Phi) is 10.5. The van der Waals surface area contributed by atoms with Gasteiger partial charge in [0.25, 0.3) is 11.7 Å². The molecule has 2 aromatic rings. The number of carboxylic acids is 1. The van der Waals surface area contributed by atoms with Gasteiger partial charge in [-0.3, -0.25) is 9.59 Å². The van der Waals surface area contributed by atoms with E-state index in [1.54, 1.807) is 12.1 Å². The third-order valence-electron chi connectivity index (χ3n) is 6.07. The first kappa shape index (κ1) is 31.1. The van der Waals surface area contributed by atoms with Gasteiger partial charge in [0.2, 0.25) is 5.91 Å². The van der Waals surface area contributed by atoms with Gasteiger partial charge in [0.1, 0.15) is 12.2 Å². The van der Waals surface area contributed by atoms with Crippen molar-refractivity contribution >= 4 is 52.6 Å². The topological polar surface area (TPSA) is 175 Å². The zero-order valence-corrected chi connectivity index (χ0v) is 22.8. The van der Waals surface area contributed by atoms with Gasteiger partial charge in [-0.1, -0.05) is 46.9 Å². The summed E-state index contributed by atoms with van der Waals surface area (Å²) in [4.78, 5) is 36.5. The molecule has 6 atom stereocenters. The molecule has 1 aliphatic rings. The molecule has 39 heavy (non-hydrogen) atoms. The molecular formula is C25H27Cl3N2O9. The van der Waals surface area contributed by atoms with Crippen molar-refractivity contribution in [3.05, 3.63) is 68.7 Å². The van der Waals surface area contributed by atoms with E-state index in [0.717, 1.165) is 6.92 Å². The highest BCUT2D eigenvalue weighted by atomic mass is 35.5. The lowest BCUT2D eigenvalue weighted by Gasteiger charge is -2.46. The van der Waals surface area contributed by atoms with Crippen molar-refractivity contribution in [2.24, 2.45) is 0 Å². The van der Waals surface area contributed by atoms with Gasteiger partial charge in [-0.15, -0.1) is 0 Å². The lowest BCUT2D eigenvalue weighted by molar-refractivity contribution is -0.314. The van der Waals surface area contributed by atoms with Crippen molar-refractivity contribution in [1.29, 1.82) is 0 Å². The second-order valence-corrected chi connectivity index (χ2v) is 10.1. The van der Waals surface area contributed by atoms with Crippen molar-refractivity contribution in [1.82, 2.24) is 10.6 Å². The molecule has 0 aromatic heterocycles. The van der Waals surface area contributed by atoms with Crippen molar-refractivity contribution in [2.45, 2.75) is 56.2 Å². The zero-order chi connectivity index (χ0) is 28.9. The molecule has 11 nitrogen and oxygen atoms in total. The minimum atomic E-state index is -2.50. The van der Waals surface area contributed by atoms with E-state index in [-0.39, 0.29) is 15.6 Å². The van der Waals surface area contributed by atoms with Crippen LogP contribution < -0.4 is 10.6 Å². The predicted molar refractivity (Wildman–Crippen MR) is 141 cm³/mol. The molecule has 0 aliphatic carbocycles. The van der Waals surface area contributed by atoms with Crippen LogP contribution in [0.25, 0.3) is 0 Å². The van der Waals surface area contributed by atoms with Crippen LogP contribution in [0.15, 0.2) is 42.5 Å². The number of halogens is 3. The maximum atomic E-state index is 12.4. The smallest absolute Gasteiger partial charge is 0.364 e. The quantitative estimate of drug-likeness (QED) is 0.236. The van der Waals surface area contributed by atoms with E-state index in [1.807, 2.05) is 0 Å². The first-order valence-electron chi connectivity index (χ1n) is 11.7. The number of aliphatic hydroxyl groups excluding tert-OH is 3. The minimum absolute atomic E-state index is 0.121. The second-order valence-electron chi connectivity index (χ2n) is 8.91. The van der Waals surface area contributed by atoms with E-state index < -0.39 is 73.6 Å². The highest BCUT2D eigenvalue weighted by Gasteiger charge is 2.55. The fourth-order valence-electron chi connectivity index (χ4n) is 4.04. The van der Waals surface area contributed by atoms with E-state index in [0.29, 0.717) is 10.6 Å². The third kappa shape index (κ3) is 7.59. The van der Waals surface area contributed by atoms with Gasteiger partial charge >= 0.3 is 5.97 Å². The van der Waals surface area contributed by atoms with Gasteiger partial charge in [0, 0.05) is 30.5 Å². The molecular weight excluding hydrogens is 579 g/mol. The van der Waals surface area contributed by atoms with E-state index >= 15 is 0 Å². The summed E-state index contributed by atoms with van der Waals surface area (Å²) < 4.78 is 11.3. The molecule has 0 saturated carbocycles. The summed E-state index contributed by atoms with van der Waals surface area (Å²) in [6.07, 6.45) is -7.49. The average molecular weight is 606 g/mol. The highest BCUT2D eigenvalue weighted by molar-refractivity contribution is 6.42. The molecule has 2 amide bonds. The second kappa shape index (κ2) is 13.2. The summed E-state index contributed by atoms with van der Waals surface area (Å²) in [5.41, 5.74) is 0.563. The molecule has 1 fully saturated rings. The average Bonchev–Trinajstić information content (AvgIpc) is 2.88. The molecule has 6 N–H and O–H groups in total. The molecule has 0 radical (unpaired) electrons. The number of carbonyl (C=O) groups is 3. The first-order valence-corrected chi connectivity index (χ1v) is 12.8. The largest absolute Gasteiger partial charge is 0.477 e. The van der Waals surface area contributed by atoms with Crippen LogP contribution in [0.1, 0.15) is 29.3 Å². The van der Waals surface area contributed by atoms with Gasteiger partial charge in [0.15, 0.2) is 0 Å². The standard InChI is InChI=1S/C25H27Cl3N2O9/c1-12(31)30-20-17(32)9-25(24(36)37,38-11-14-3-2-4-16(27)19(14)28)39-22(20)21(34)18(33)10-29-23(35)13-5-7-15(26)8-6-13/h2-8,17-18,20-22,32-34H,9-11H2,1H3,(H,29,35)(H,30,31)(H,36,37)/t17-,18-,20+,21+,22+,25-/m0/s1. The summed E-state index contributed by atoms with van der Waals surface area (Å²) in [6, 6.07) is 9.23. The fraction of sp³-hybridized carbons (Fsp3) is 0.400. The number of carbonyl (C=O) groups excluding carboxylic acids is 2. The minimum Gasteiger partial charge on any atom is -0.477 e. The number of hydrogen-bond donors (Lipinski definition) is 6. The molecule has 2 aromatic carbocycles. The monoisotopic (exact) mass is 604 g/mol. The van der Waals surface area contributed by atoms with Gasteiger partial charge in [-0.25, -0.2) is 4.79 Å². The van der Waals surface area contributed by atoms with E-state index in [1.165, 1.54) is 30.3 Å². The Morgan fingerprint density at radius 2 is 1.79 bits per heavy atom. The number of hydrogen-bond acceptors (Lipinski definition) is 8.